The number of aromatic nitrogens is 2. The number of hydrogen-bond donors (Lipinski definition) is 0. The molecule has 0 saturated carbocycles. The largest absolute Gasteiger partial charge is 0.358 e. The van der Waals surface area contributed by atoms with Crippen molar-refractivity contribution in [3.63, 3.8) is 0 Å². The summed E-state index contributed by atoms with van der Waals surface area (Å²) in [6.45, 7) is 3.43. The van der Waals surface area contributed by atoms with E-state index < -0.39 is 15.9 Å². The Morgan fingerprint density at radius 1 is 1.07 bits per heavy atom. The van der Waals surface area contributed by atoms with Gasteiger partial charge in [0.1, 0.15) is 10.5 Å². The van der Waals surface area contributed by atoms with Crippen molar-refractivity contribution >= 4 is 39.1 Å². The maximum absolute atomic E-state index is 13.0. The first kappa shape index (κ1) is 23.7. The Bertz CT molecular complexity index is 1180. The third kappa shape index (κ3) is 4.94. The van der Waals surface area contributed by atoms with Crippen LogP contribution in [-0.2, 0) is 39.5 Å². The molecule has 0 aliphatic heterocycles. The van der Waals surface area contributed by atoms with Gasteiger partial charge in [-0.2, -0.15) is 13.5 Å². The molecule has 1 heterocycles. The maximum Gasteiger partial charge on any atom is 0.340 e. The quantitative estimate of drug-likeness (QED) is 0.237. The molecule has 2 aromatic carbocycles. The van der Waals surface area contributed by atoms with Crippen LogP contribution in [-0.4, -0.2) is 24.0 Å². The zero-order chi connectivity index (χ0) is 20.6. The molecule has 0 amide bonds. The molecule has 0 bridgehead atoms. The summed E-state index contributed by atoms with van der Waals surface area (Å²) < 4.78 is 31.9. The van der Waals surface area contributed by atoms with Gasteiger partial charge in [0.2, 0.25) is 11.7 Å². The van der Waals surface area contributed by atoms with E-state index in [2.05, 4.69) is 5.10 Å². The number of carbonyl (C=O) groups excluding carboxylic acids is 1. The van der Waals surface area contributed by atoms with Crippen LogP contribution in [0.25, 0.3) is 0 Å². The molecule has 29 heavy (non-hydrogen) atoms. The summed E-state index contributed by atoms with van der Waals surface area (Å²) in [5.74, 6) is -0.699. The average Bonchev–Trinajstić information content (AvgIpc) is 2.87. The summed E-state index contributed by atoms with van der Waals surface area (Å²) in [4.78, 5) is 13.0. The smallest absolute Gasteiger partial charge is 0.340 e. The van der Waals surface area contributed by atoms with Crippen molar-refractivity contribution < 1.29 is 39.8 Å². The minimum atomic E-state index is -4.16. The molecule has 3 rings (SSSR count). The standard InChI is InChI=1S/C19H16Cl2N2O4S.Au/c1-11-4-7-14(8-5-11)28(25,26)27-19-17(12(2)22-23(19)3)18(24)15-9-6-13(20)10-16(15)21;/h4-10H,1-3H3;. The molecule has 0 atom stereocenters. The molecule has 3 aromatic rings. The van der Waals surface area contributed by atoms with Crippen LogP contribution in [0.1, 0.15) is 27.2 Å². The Kier molecular flexibility index (Phi) is 7.37. The van der Waals surface area contributed by atoms with Crippen molar-refractivity contribution in [2.24, 2.45) is 7.05 Å². The van der Waals surface area contributed by atoms with Gasteiger partial charge in [0.05, 0.1) is 10.7 Å². The summed E-state index contributed by atoms with van der Waals surface area (Å²) in [6, 6.07) is 10.6. The average molecular weight is 636 g/mol. The van der Waals surface area contributed by atoms with Gasteiger partial charge < -0.3 is 4.18 Å². The predicted octanol–water partition coefficient (Wildman–Crippen LogP) is 4.34. The molecule has 0 N–H and O–H groups in total. The molecule has 0 unspecified atom stereocenters. The maximum atomic E-state index is 13.0. The first-order chi connectivity index (χ1) is 13.1. The molecule has 0 aliphatic rings. The van der Waals surface area contributed by atoms with Crippen molar-refractivity contribution in [3.05, 3.63) is 74.9 Å². The van der Waals surface area contributed by atoms with Gasteiger partial charge in [-0.25, -0.2) is 4.68 Å². The van der Waals surface area contributed by atoms with Gasteiger partial charge in [0, 0.05) is 40.0 Å². The Hall–Kier alpha value is -1.61. The van der Waals surface area contributed by atoms with Gasteiger partial charge in [-0.3, -0.25) is 4.79 Å². The molecule has 157 valence electrons. The first-order valence-electron chi connectivity index (χ1n) is 8.14. The van der Waals surface area contributed by atoms with Crippen LogP contribution in [0.5, 0.6) is 5.88 Å². The second kappa shape index (κ2) is 9.04. The number of rotatable bonds is 5. The number of benzene rings is 2. The number of ketones is 1. The number of aryl methyl sites for hydroxylation is 3. The van der Waals surface area contributed by atoms with Crippen LogP contribution in [0.3, 0.4) is 0 Å². The fourth-order valence-electron chi connectivity index (χ4n) is 2.66. The zero-order valence-corrected chi connectivity index (χ0v) is 20.0. The van der Waals surface area contributed by atoms with Gasteiger partial charge >= 0.3 is 10.1 Å². The molecule has 0 saturated heterocycles. The molecule has 0 aliphatic carbocycles. The fraction of sp³-hybridized carbons (Fsp3) is 0.158. The second-order valence-electron chi connectivity index (χ2n) is 6.19. The summed E-state index contributed by atoms with van der Waals surface area (Å²) >= 11 is 12.0. The normalized spacial score (nSPS) is 11.1. The van der Waals surface area contributed by atoms with Crippen molar-refractivity contribution in [1.82, 2.24) is 9.78 Å². The van der Waals surface area contributed by atoms with E-state index in [1.807, 2.05) is 6.92 Å². The van der Waals surface area contributed by atoms with Gasteiger partial charge in [0.25, 0.3) is 0 Å². The van der Waals surface area contributed by atoms with Crippen molar-refractivity contribution in [2.45, 2.75) is 18.7 Å². The van der Waals surface area contributed by atoms with E-state index in [4.69, 9.17) is 27.4 Å². The summed E-state index contributed by atoms with van der Waals surface area (Å²) in [5.41, 5.74) is 1.40. The van der Waals surface area contributed by atoms with E-state index >= 15 is 0 Å². The molecule has 10 heteroatoms. The van der Waals surface area contributed by atoms with Gasteiger partial charge in [-0.1, -0.05) is 40.9 Å². The molecule has 6 nitrogen and oxygen atoms in total. The van der Waals surface area contributed by atoms with Crippen LogP contribution >= 0.6 is 23.2 Å². The third-order valence-corrected chi connectivity index (χ3v) is 5.85. The third-order valence-electron chi connectivity index (χ3n) is 4.07. The number of halogens is 2. The number of nitrogens with zero attached hydrogens (tertiary/aromatic N) is 2. The van der Waals surface area contributed by atoms with Crippen molar-refractivity contribution in [2.75, 3.05) is 0 Å². The van der Waals surface area contributed by atoms with E-state index in [1.165, 1.54) is 42.1 Å². The van der Waals surface area contributed by atoms with Crippen LogP contribution in [0.4, 0.5) is 0 Å². The van der Waals surface area contributed by atoms with E-state index in [9.17, 15) is 13.2 Å². The van der Waals surface area contributed by atoms with Gasteiger partial charge in [-0.15, -0.1) is 0 Å². The van der Waals surface area contributed by atoms with Gasteiger partial charge in [0.15, 0.2) is 0 Å². The molecular formula is C19H16AuCl2N2O4S. The van der Waals surface area contributed by atoms with E-state index in [0.717, 1.165) is 5.56 Å². The fourth-order valence-corrected chi connectivity index (χ4v) is 4.12. The van der Waals surface area contributed by atoms with Crippen LogP contribution in [0.15, 0.2) is 47.4 Å². The second-order valence-corrected chi connectivity index (χ2v) is 8.58. The van der Waals surface area contributed by atoms with Crippen molar-refractivity contribution in [1.29, 1.82) is 0 Å². The molecule has 0 spiro atoms. The zero-order valence-electron chi connectivity index (χ0n) is 15.5. The van der Waals surface area contributed by atoms with E-state index in [0.29, 0.717) is 10.7 Å². The van der Waals surface area contributed by atoms with Crippen LogP contribution in [0.2, 0.25) is 10.0 Å². The molecule has 1 aromatic heterocycles. The monoisotopic (exact) mass is 635 g/mol. The van der Waals surface area contributed by atoms with Crippen LogP contribution in [0, 0.1) is 13.8 Å². The minimum absolute atomic E-state index is 0. The first-order valence-corrected chi connectivity index (χ1v) is 10.3. The summed E-state index contributed by atoms with van der Waals surface area (Å²) in [7, 11) is -2.67. The topological polar surface area (TPSA) is 78.3 Å². The van der Waals surface area contributed by atoms with E-state index in [1.54, 1.807) is 19.1 Å². The van der Waals surface area contributed by atoms with Crippen LogP contribution < -0.4 is 4.18 Å². The Morgan fingerprint density at radius 2 is 1.69 bits per heavy atom. The van der Waals surface area contributed by atoms with Gasteiger partial charge in [-0.05, 0) is 44.2 Å². The molecule has 0 fully saturated rings. The van der Waals surface area contributed by atoms with E-state index in [-0.39, 0.29) is 49.3 Å². The molecule has 1 radical (unpaired) electrons. The Morgan fingerprint density at radius 3 is 2.28 bits per heavy atom. The predicted molar refractivity (Wildman–Crippen MR) is 107 cm³/mol. The van der Waals surface area contributed by atoms with Crippen molar-refractivity contribution in [3.8, 4) is 5.88 Å². The number of hydrogen-bond acceptors (Lipinski definition) is 5. The summed E-state index contributed by atoms with van der Waals surface area (Å²) in [5, 5.41) is 4.66. The number of carbonyl (C=O) groups is 1. The Balaban J connectivity index is 0.00000300. The Labute approximate surface area is 194 Å². The molecular weight excluding hydrogens is 620 g/mol. The SMILES string of the molecule is Cc1ccc(S(=O)(=O)Oc2c(C(=O)c3ccc(Cl)cc3Cl)c(C)nn2C)cc1.[Au]. The minimum Gasteiger partial charge on any atom is -0.358 e. The summed E-state index contributed by atoms with van der Waals surface area (Å²) in [6.07, 6.45) is 0.